The minimum Gasteiger partial charge on any atom is -0.345 e. The van der Waals surface area contributed by atoms with Crippen LogP contribution in [0.5, 0.6) is 0 Å². The van der Waals surface area contributed by atoms with E-state index in [4.69, 9.17) is 0 Å². The van der Waals surface area contributed by atoms with E-state index in [0.717, 1.165) is 22.0 Å². The summed E-state index contributed by atoms with van der Waals surface area (Å²) in [5.41, 5.74) is 4.21. The van der Waals surface area contributed by atoms with Gasteiger partial charge in [0.25, 0.3) is 5.91 Å². The lowest BCUT2D eigenvalue weighted by Crippen LogP contribution is -2.26. The molecule has 0 saturated carbocycles. The van der Waals surface area contributed by atoms with Crippen LogP contribution in [0.3, 0.4) is 0 Å². The van der Waals surface area contributed by atoms with E-state index < -0.39 is 0 Å². The molecule has 1 atom stereocenters. The largest absolute Gasteiger partial charge is 0.345 e. The molecule has 1 N–H and O–H groups in total. The standard InChI is InChI=1S/C18H20BrNO/c1-4-14-6-8-15(9-7-14)13(3)20-18(21)16-10-5-12(2)11-17(16)19/h5-11,13H,4H2,1-3H3,(H,20,21). The summed E-state index contributed by atoms with van der Waals surface area (Å²) >= 11 is 3.45. The Labute approximate surface area is 134 Å². The molecule has 1 unspecified atom stereocenters. The molecule has 1 amide bonds. The zero-order valence-electron chi connectivity index (χ0n) is 12.6. The zero-order valence-corrected chi connectivity index (χ0v) is 14.2. The predicted molar refractivity (Wildman–Crippen MR) is 90.6 cm³/mol. The average Bonchev–Trinajstić information content (AvgIpc) is 2.47. The van der Waals surface area contributed by atoms with Crippen molar-refractivity contribution < 1.29 is 4.79 Å². The van der Waals surface area contributed by atoms with Gasteiger partial charge in [-0.05, 0) is 65.0 Å². The van der Waals surface area contributed by atoms with Gasteiger partial charge in [-0.25, -0.2) is 0 Å². The van der Waals surface area contributed by atoms with E-state index >= 15 is 0 Å². The lowest BCUT2D eigenvalue weighted by atomic mass is 10.0. The van der Waals surface area contributed by atoms with Crippen LogP contribution in [0.25, 0.3) is 0 Å². The van der Waals surface area contributed by atoms with Crippen LogP contribution in [-0.4, -0.2) is 5.91 Å². The van der Waals surface area contributed by atoms with Crippen molar-refractivity contribution in [3.63, 3.8) is 0 Å². The quantitative estimate of drug-likeness (QED) is 0.846. The minimum atomic E-state index is -0.0612. The number of halogens is 1. The molecule has 2 rings (SSSR count). The van der Waals surface area contributed by atoms with Gasteiger partial charge in [-0.15, -0.1) is 0 Å². The monoisotopic (exact) mass is 345 g/mol. The Hall–Kier alpha value is -1.61. The van der Waals surface area contributed by atoms with Crippen LogP contribution in [0.4, 0.5) is 0 Å². The molecule has 21 heavy (non-hydrogen) atoms. The summed E-state index contributed by atoms with van der Waals surface area (Å²) in [6, 6.07) is 14.1. The molecule has 0 aliphatic rings. The molecule has 0 radical (unpaired) electrons. The minimum absolute atomic E-state index is 0.0170. The molecule has 2 aromatic carbocycles. The number of amides is 1. The summed E-state index contributed by atoms with van der Waals surface area (Å²) < 4.78 is 0.827. The molecular weight excluding hydrogens is 326 g/mol. The fourth-order valence-corrected chi connectivity index (χ4v) is 2.88. The van der Waals surface area contributed by atoms with Crippen LogP contribution in [-0.2, 0) is 6.42 Å². The fourth-order valence-electron chi connectivity index (χ4n) is 2.20. The maximum atomic E-state index is 12.3. The number of hydrogen-bond acceptors (Lipinski definition) is 1. The second-order valence-electron chi connectivity index (χ2n) is 5.27. The molecule has 3 heteroatoms. The SMILES string of the molecule is CCc1ccc(C(C)NC(=O)c2ccc(C)cc2Br)cc1. The summed E-state index contributed by atoms with van der Waals surface area (Å²) in [5.74, 6) is -0.0612. The van der Waals surface area contributed by atoms with Crippen LogP contribution in [0.1, 0.15) is 46.9 Å². The van der Waals surface area contributed by atoms with Crippen LogP contribution in [0.2, 0.25) is 0 Å². The Morgan fingerprint density at radius 2 is 1.86 bits per heavy atom. The van der Waals surface area contributed by atoms with Gasteiger partial charge in [0.2, 0.25) is 0 Å². The molecule has 2 aromatic rings. The topological polar surface area (TPSA) is 29.1 Å². The van der Waals surface area contributed by atoms with E-state index in [2.05, 4.69) is 52.4 Å². The highest BCUT2D eigenvalue weighted by atomic mass is 79.9. The van der Waals surface area contributed by atoms with Gasteiger partial charge in [0, 0.05) is 4.47 Å². The van der Waals surface area contributed by atoms with Crippen LogP contribution in [0.15, 0.2) is 46.9 Å². The third-order valence-corrected chi connectivity index (χ3v) is 4.26. The second kappa shape index (κ2) is 6.90. The van der Waals surface area contributed by atoms with Gasteiger partial charge in [0.15, 0.2) is 0 Å². The maximum absolute atomic E-state index is 12.3. The van der Waals surface area contributed by atoms with Gasteiger partial charge in [-0.3, -0.25) is 4.79 Å². The molecule has 0 heterocycles. The maximum Gasteiger partial charge on any atom is 0.252 e. The van der Waals surface area contributed by atoms with Gasteiger partial charge in [0.1, 0.15) is 0 Å². The van der Waals surface area contributed by atoms with Crippen molar-refractivity contribution in [2.45, 2.75) is 33.2 Å². The number of carbonyl (C=O) groups excluding carboxylic acids is 1. The molecule has 0 aliphatic carbocycles. The first-order valence-corrected chi connectivity index (χ1v) is 7.96. The van der Waals surface area contributed by atoms with E-state index in [-0.39, 0.29) is 11.9 Å². The highest BCUT2D eigenvalue weighted by Gasteiger charge is 2.14. The third kappa shape index (κ3) is 3.94. The number of carbonyl (C=O) groups is 1. The van der Waals surface area contributed by atoms with Gasteiger partial charge in [-0.1, -0.05) is 37.3 Å². The Kier molecular flexibility index (Phi) is 5.18. The lowest BCUT2D eigenvalue weighted by Gasteiger charge is -2.15. The van der Waals surface area contributed by atoms with Crippen molar-refractivity contribution in [2.24, 2.45) is 0 Å². The summed E-state index contributed by atoms with van der Waals surface area (Å²) in [7, 11) is 0. The van der Waals surface area contributed by atoms with Gasteiger partial charge in [0.05, 0.1) is 11.6 Å². The van der Waals surface area contributed by atoms with Crippen molar-refractivity contribution in [2.75, 3.05) is 0 Å². The first-order chi connectivity index (χ1) is 10.0. The van der Waals surface area contributed by atoms with Gasteiger partial charge in [-0.2, -0.15) is 0 Å². The molecule has 0 aliphatic heterocycles. The number of rotatable bonds is 4. The smallest absolute Gasteiger partial charge is 0.252 e. The molecule has 0 saturated heterocycles. The van der Waals surface area contributed by atoms with Gasteiger partial charge >= 0.3 is 0 Å². The molecular formula is C18H20BrNO. The summed E-state index contributed by atoms with van der Waals surface area (Å²) in [6.45, 7) is 6.14. The fraction of sp³-hybridized carbons (Fsp3) is 0.278. The predicted octanol–water partition coefficient (Wildman–Crippen LogP) is 4.81. The Balaban J connectivity index is 2.10. The Morgan fingerprint density at radius 1 is 1.19 bits per heavy atom. The third-order valence-electron chi connectivity index (χ3n) is 3.60. The summed E-state index contributed by atoms with van der Waals surface area (Å²) in [4.78, 5) is 12.3. The summed E-state index contributed by atoms with van der Waals surface area (Å²) in [6.07, 6.45) is 1.03. The summed E-state index contributed by atoms with van der Waals surface area (Å²) in [5, 5.41) is 3.04. The molecule has 110 valence electrons. The lowest BCUT2D eigenvalue weighted by molar-refractivity contribution is 0.0939. The first-order valence-electron chi connectivity index (χ1n) is 7.17. The van der Waals surface area contributed by atoms with Crippen molar-refractivity contribution in [1.29, 1.82) is 0 Å². The normalized spacial score (nSPS) is 12.0. The van der Waals surface area contributed by atoms with Crippen LogP contribution >= 0.6 is 15.9 Å². The molecule has 0 fully saturated rings. The molecule has 0 spiro atoms. The van der Waals surface area contributed by atoms with Crippen molar-refractivity contribution in [1.82, 2.24) is 5.32 Å². The van der Waals surface area contributed by atoms with E-state index in [0.29, 0.717) is 5.56 Å². The number of benzene rings is 2. The Bertz CT molecular complexity index is 634. The van der Waals surface area contributed by atoms with E-state index in [1.165, 1.54) is 5.56 Å². The van der Waals surface area contributed by atoms with Gasteiger partial charge < -0.3 is 5.32 Å². The van der Waals surface area contributed by atoms with E-state index in [1.807, 2.05) is 32.0 Å². The number of aryl methyl sites for hydroxylation is 2. The average molecular weight is 346 g/mol. The van der Waals surface area contributed by atoms with Crippen LogP contribution < -0.4 is 5.32 Å². The highest BCUT2D eigenvalue weighted by molar-refractivity contribution is 9.10. The highest BCUT2D eigenvalue weighted by Crippen LogP contribution is 2.20. The molecule has 2 nitrogen and oxygen atoms in total. The van der Waals surface area contributed by atoms with E-state index in [9.17, 15) is 4.79 Å². The van der Waals surface area contributed by atoms with E-state index in [1.54, 1.807) is 0 Å². The van der Waals surface area contributed by atoms with Crippen molar-refractivity contribution in [3.05, 3.63) is 69.2 Å². The number of hydrogen-bond donors (Lipinski definition) is 1. The zero-order chi connectivity index (χ0) is 15.4. The molecule has 0 aromatic heterocycles. The van der Waals surface area contributed by atoms with Crippen molar-refractivity contribution >= 4 is 21.8 Å². The Morgan fingerprint density at radius 3 is 2.43 bits per heavy atom. The first kappa shape index (κ1) is 15.8. The number of nitrogens with one attached hydrogen (secondary N) is 1. The second-order valence-corrected chi connectivity index (χ2v) is 6.13. The van der Waals surface area contributed by atoms with Crippen LogP contribution in [0, 0.1) is 6.92 Å². The molecule has 0 bridgehead atoms. The van der Waals surface area contributed by atoms with Crippen molar-refractivity contribution in [3.8, 4) is 0 Å².